The number of amides is 1. The van der Waals surface area contributed by atoms with Crippen LogP contribution in [0, 0.1) is 5.82 Å². The van der Waals surface area contributed by atoms with E-state index in [0.717, 1.165) is 9.87 Å². The monoisotopic (exact) mass is 508 g/mol. The molecule has 0 aliphatic rings. The third-order valence-electron chi connectivity index (χ3n) is 5.23. The van der Waals surface area contributed by atoms with Crippen LogP contribution in [-0.4, -0.2) is 39.3 Å². The molecule has 0 saturated heterocycles. The molecular formula is C24H23Cl2FN2O3S. The van der Waals surface area contributed by atoms with Gasteiger partial charge in [0.05, 0.1) is 15.6 Å². The van der Waals surface area contributed by atoms with Gasteiger partial charge in [0.1, 0.15) is 10.7 Å². The SMILES string of the molecule is CN(C)S(=O)(=O)c1cc(C(=O)NCC(Cc2ccccc2F)c2ccccc2)c(Cl)cc1Cl. The van der Waals surface area contributed by atoms with Gasteiger partial charge >= 0.3 is 0 Å². The van der Waals surface area contributed by atoms with Crippen molar-refractivity contribution in [2.45, 2.75) is 17.2 Å². The zero-order valence-corrected chi connectivity index (χ0v) is 20.4. The molecule has 1 N–H and O–H groups in total. The van der Waals surface area contributed by atoms with Crippen molar-refractivity contribution in [1.29, 1.82) is 0 Å². The summed E-state index contributed by atoms with van der Waals surface area (Å²) in [6.45, 7) is 0.186. The number of nitrogens with zero attached hydrogens (tertiary/aromatic N) is 1. The molecule has 3 aromatic carbocycles. The number of benzene rings is 3. The molecule has 0 heterocycles. The largest absolute Gasteiger partial charge is 0.351 e. The molecular weight excluding hydrogens is 486 g/mol. The van der Waals surface area contributed by atoms with E-state index in [1.165, 1.54) is 32.3 Å². The maximum Gasteiger partial charge on any atom is 0.252 e. The van der Waals surface area contributed by atoms with Crippen molar-refractivity contribution in [2.75, 3.05) is 20.6 Å². The molecule has 0 aliphatic heterocycles. The first-order chi connectivity index (χ1) is 15.6. The first kappa shape index (κ1) is 25.2. The molecule has 1 unspecified atom stereocenters. The smallest absolute Gasteiger partial charge is 0.252 e. The number of hydrogen-bond acceptors (Lipinski definition) is 3. The minimum absolute atomic E-state index is 0.0146. The van der Waals surface area contributed by atoms with E-state index >= 15 is 0 Å². The van der Waals surface area contributed by atoms with Gasteiger partial charge in [-0.1, -0.05) is 71.7 Å². The Hall–Kier alpha value is -2.45. The Morgan fingerprint density at radius 2 is 1.64 bits per heavy atom. The van der Waals surface area contributed by atoms with E-state index in [2.05, 4.69) is 5.32 Å². The summed E-state index contributed by atoms with van der Waals surface area (Å²) < 4.78 is 40.4. The van der Waals surface area contributed by atoms with Crippen LogP contribution in [0.15, 0.2) is 71.6 Å². The number of nitrogens with one attached hydrogen (secondary N) is 1. The van der Waals surface area contributed by atoms with Crippen LogP contribution in [0.2, 0.25) is 10.0 Å². The Kier molecular flexibility index (Phi) is 8.13. The van der Waals surface area contributed by atoms with E-state index in [1.54, 1.807) is 18.2 Å². The molecule has 0 saturated carbocycles. The molecule has 174 valence electrons. The summed E-state index contributed by atoms with van der Waals surface area (Å²) in [5.41, 5.74) is 1.45. The lowest BCUT2D eigenvalue weighted by molar-refractivity contribution is 0.0951. The summed E-state index contributed by atoms with van der Waals surface area (Å²) in [7, 11) is -1.14. The highest BCUT2D eigenvalue weighted by Crippen LogP contribution is 2.30. The second kappa shape index (κ2) is 10.7. The van der Waals surface area contributed by atoms with Crippen molar-refractivity contribution in [2.24, 2.45) is 0 Å². The zero-order chi connectivity index (χ0) is 24.2. The lowest BCUT2D eigenvalue weighted by Gasteiger charge is -2.19. The van der Waals surface area contributed by atoms with Gasteiger partial charge in [-0.25, -0.2) is 17.1 Å². The summed E-state index contributed by atoms with van der Waals surface area (Å²) in [5.74, 6) is -1.09. The normalized spacial score (nSPS) is 12.5. The highest BCUT2D eigenvalue weighted by atomic mass is 35.5. The highest BCUT2D eigenvalue weighted by Gasteiger charge is 2.25. The average Bonchev–Trinajstić information content (AvgIpc) is 2.78. The molecule has 0 radical (unpaired) electrons. The third-order valence-corrected chi connectivity index (χ3v) is 7.82. The maximum atomic E-state index is 14.3. The van der Waals surface area contributed by atoms with E-state index in [-0.39, 0.29) is 38.8 Å². The van der Waals surface area contributed by atoms with Gasteiger partial charge in [0, 0.05) is 26.6 Å². The van der Waals surface area contributed by atoms with Crippen molar-refractivity contribution in [1.82, 2.24) is 9.62 Å². The van der Waals surface area contributed by atoms with Crippen molar-refractivity contribution >= 4 is 39.1 Å². The van der Waals surface area contributed by atoms with E-state index in [4.69, 9.17) is 23.2 Å². The number of carbonyl (C=O) groups excluding carboxylic acids is 1. The minimum atomic E-state index is -3.88. The molecule has 0 aromatic heterocycles. The molecule has 5 nitrogen and oxygen atoms in total. The first-order valence-corrected chi connectivity index (χ1v) is 12.3. The van der Waals surface area contributed by atoms with Gasteiger partial charge in [-0.05, 0) is 35.7 Å². The fourth-order valence-electron chi connectivity index (χ4n) is 3.37. The molecule has 0 aliphatic carbocycles. The van der Waals surface area contributed by atoms with E-state index in [9.17, 15) is 17.6 Å². The van der Waals surface area contributed by atoms with Gasteiger partial charge in [0.15, 0.2) is 0 Å². The van der Waals surface area contributed by atoms with Crippen LogP contribution in [0.25, 0.3) is 0 Å². The Labute approximate surface area is 203 Å². The summed E-state index contributed by atoms with van der Waals surface area (Å²) >= 11 is 12.3. The van der Waals surface area contributed by atoms with E-state index in [1.807, 2.05) is 30.3 Å². The Morgan fingerprint density at radius 1 is 1.00 bits per heavy atom. The summed E-state index contributed by atoms with van der Waals surface area (Å²) in [4.78, 5) is 12.7. The summed E-state index contributed by atoms with van der Waals surface area (Å²) in [6, 6.07) is 18.4. The molecule has 3 rings (SSSR count). The van der Waals surface area contributed by atoms with Crippen LogP contribution < -0.4 is 5.32 Å². The quantitative estimate of drug-likeness (QED) is 0.458. The molecule has 0 spiro atoms. The van der Waals surface area contributed by atoms with Crippen LogP contribution >= 0.6 is 23.2 Å². The zero-order valence-electron chi connectivity index (χ0n) is 18.1. The molecule has 0 fully saturated rings. The number of sulfonamides is 1. The Morgan fingerprint density at radius 3 is 2.27 bits per heavy atom. The summed E-state index contributed by atoms with van der Waals surface area (Å²) in [5, 5.41) is 2.76. The van der Waals surface area contributed by atoms with Gasteiger partial charge in [-0.2, -0.15) is 0 Å². The first-order valence-electron chi connectivity index (χ1n) is 10.1. The van der Waals surface area contributed by atoms with Crippen molar-refractivity contribution in [3.05, 3.63) is 99.3 Å². The number of halogens is 3. The van der Waals surface area contributed by atoms with Crippen LogP contribution in [0.3, 0.4) is 0 Å². The molecule has 1 atom stereocenters. The Bertz CT molecular complexity index is 1250. The van der Waals surface area contributed by atoms with Gasteiger partial charge in [-0.3, -0.25) is 4.79 Å². The van der Waals surface area contributed by atoms with Crippen LogP contribution in [0.5, 0.6) is 0 Å². The van der Waals surface area contributed by atoms with Crippen molar-refractivity contribution < 1.29 is 17.6 Å². The maximum absolute atomic E-state index is 14.3. The fourth-order valence-corrected chi connectivity index (χ4v) is 5.10. The molecule has 3 aromatic rings. The lowest BCUT2D eigenvalue weighted by atomic mass is 9.91. The Balaban J connectivity index is 1.87. The second-order valence-corrected chi connectivity index (χ2v) is 10.6. The van der Waals surface area contributed by atoms with E-state index < -0.39 is 15.9 Å². The van der Waals surface area contributed by atoms with Crippen LogP contribution in [0.1, 0.15) is 27.4 Å². The van der Waals surface area contributed by atoms with Crippen LogP contribution in [0.4, 0.5) is 4.39 Å². The predicted molar refractivity (Wildman–Crippen MR) is 129 cm³/mol. The fraction of sp³-hybridized carbons (Fsp3) is 0.208. The van der Waals surface area contributed by atoms with Gasteiger partial charge in [-0.15, -0.1) is 0 Å². The van der Waals surface area contributed by atoms with Crippen molar-refractivity contribution in [3.63, 3.8) is 0 Å². The molecule has 33 heavy (non-hydrogen) atoms. The van der Waals surface area contributed by atoms with E-state index in [0.29, 0.717) is 12.0 Å². The van der Waals surface area contributed by atoms with Gasteiger partial charge < -0.3 is 5.32 Å². The van der Waals surface area contributed by atoms with Crippen molar-refractivity contribution in [3.8, 4) is 0 Å². The molecule has 9 heteroatoms. The molecule has 1 amide bonds. The third kappa shape index (κ3) is 5.92. The number of carbonyl (C=O) groups is 1. The van der Waals surface area contributed by atoms with Gasteiger partial charge in [0.2, 0.25) is 10.0 Å². The standard InChI is InChI=1S/C24H23Cl2FN2O3S/c1-29(2)33(31,32)23-13-19(20(25)14-21(23)26)24(30)28-15-18(16-8-4-3-5-9-16)12-17-10-6-7-11-22(17)27/h3-11,13-14,18H,12,15H2,1-2H3,(H,28,30). The van der Waals surface area contributed by atoms with Gasteiger partial charge in [0.25, 0.3) is 5.91 Å². The number of rotatable bonds is 8. The summed E-state index contributed by atoms with van der Waals surface area (Å²) in [6.07, 6.45) is 0.367. The predicted octanol–water partition coefficient (Wildman–Crippen LogP) is 5.14. The average molecular weight is 509 g/mol. The topological polar surface area (TPSA) is 66.5 Å². The molecule has 0 bridgehead atoms. The lowest BCUT2D eigenvalue weighted by Crippen LogP contribution is -2.30. The minimum Gasteiger partial charge on any atom is -0.351 e. The number of hydrogen-bond donors (Lipinski definition) is 1. The highest BCUT2D eigenvalue weighted by molar-refractivity contribution is 7.89. The second-order valence-electron chi connectivity index (χ2n) is 7.66. The van der Waals surface area contributed by atoms with Crippen LogP contribution in [-0.2, 0) is 16.4 Å².